The molecule has 0 aliphatic rings. The molecule has 0 saturated heterocycles. The van der Waals surface area contributed by atoms with Gasteiger partial charge in [0, 0.05) is 13.0 Å². The van der Waals surface area contributed by atoms with E-state index >= 15 is 0 Å². The molecular formula is C15H15FN6O2. The number of anilines is 2. The Kier molecular flexibility index (Phi) is 5.25. The number of nitrogens with one attached hydrogen (secondary N) is 1. The summed E-state index contributed by atoms with van der Waals surface area (Å²) in [5.41, 5.74) is 5.70. The van der Waals surface area contributed by atoms with Crippen molar-refractivity contribution in [2.45, 2.75) is 20.3 Å². The van der Waals surface area contributed by atoms with Gasteiger partial charge < -0.3 is 11.1 Å². The van der Waals surface area contributed by atoms with Crippen LogP contribution in [0.2, 0.25) is 0 Å². The predicted molar refractivity (Wildman–Crippen MR) is 86.1 cm³/mol. The molecule has 2 aromatic heterocycles. The van der Waals surface area contributed by atoms with Gasteiger partial charge in [0.15, 0.2) is 23.1 Å². The summed E-state index contributed by atoms with van der Waals surface area (Å²) in [5, 5.41) is 2.72. The minimum Gasteiger partial charge on any atom is -0.364 e. The molecule has 1 amide bonds. The second kappa shape index (κ2) is 7.36. The van der Waals surface area contributed by atoms with Crippen molar-refractivity contribution in [3.8, 4) is 0 Å². The van der Waals surface area contributed by atoms with Crippen LogP contribution in [0.5, 0.6) is 0 Å². The van der Waals surface area contributed by atoms with Crippen LogP contribution in [0, 0.1) is 5.82 Å². The van der Waals surface area contributed by atoms with Gasteiger partial charge in [0.25, 0.3) is 5.91 Å². The fraction of sp³-hybridized carbons (Fsp3) is 0.200. The summed E-state index contributed by atoms with van der Waals surface area (Å²) in [6.07, 6.45) is 4.03. The van der Waals surface area contributed by atoms with E-state index in [-0.39, 0.29) is 28.8 Å². The zero-order valence-electron chi connectivity index (χ0n) is 13.1. The monoisotopic (exact) mass is 330 g/mol. The number of pyridine rings is 1. The first kappa shape index (κ1) is 17.1. The van der Waals surface area contributed by atoms with Gasteiger partial charge >= 0.3 is 0 Å². The summed E-state index contributed by atoms with van der Waals surface area (Å²) in [5.74, 6) is -1.45. The van der Waals surface area contributed by atoms with Gasteiger partial charge in [-0.1, -0.05) is 6.92 Å². The maximum absolute atomic E-state index is 13.2. The van der Waals surface area contributed by atoms with Crippen molar-refractivity contribution in [1.82, 2.24) is 15.0 Å². The predicted octanol–water partition coefficient (Wildman–Crippen LogP) is 1.92. The number of carbonyl (C=O) groups excluding carboxylic acids is 2. The molecule has 9 heteroatoms. The van der Waals surface area contributed by atoms with E-state index in [9.17, 15) is 14.0 Å². The highest BCUT2D eigenvalue weighted by Gasteiger charge is 2.14. The number of rotatable bonds is 6. The normalized spacial score (nSPS) is 11.2. The number of carbonyl (C=O) groups is 2. The molecule has 0 saturated carbocycles. The Morgan fingerprint density at radius 1 is 1.33 bits per heavy atom. The zero-order valence-corrected chi connectivity index (χ0v) is 13.1. The van der Waals surface area contributed by atoms with E-state index in [0.717, 1.165) is 6.20 Å². The first-order valence-corrected chi connectivity index (χ1v) is 7.03. The van der Waals surface area contributed by atoms with E-state index in [1.54, 1.807) is 6.92 Å². The van der Waals surface area contributed by atoms with Gasteiger partial charge in [-0.05, 0) is 6.42 Å². The van der Waals surface area contributed by atoms with E-state index in [2.05, 4.69) is 25.3 Å². The van der Waals surface area contributed by atoms with Crippen LogP contribution in [0.4, 0.5) is 21.7 Å². The smallest absolute Gasteiger partial charge is 0.271 e. The molecule has 0 aliphatic heterocycles. The fourth-order valence-corrected chi connectivity index (χ4v) is 1.86. The van der Waals surface area contributed by atoms with Gasteiger partial charge in [0.2, 0.25) is 0 Å². The van der Waals surface area contributed by atoms with E-state index < -0.39 is 11.7 Å². The lowest BCUT2D eigenvalue weighted by atomic mass is 10.2. The van der Waals surface area contributed by atoms with Crippen molar-refractivity contribution in [2.24, 2.45) is 10.7 Å². The number of ketones is 1. The minimum absolute atomic E-state index is 0.00449. The van der Waals surface area contributed by atoms with Crippen LogP contribution >= 0.6 is 0 Å². The van der Waals surface area contributed by atoms with E-state index in [1.807, 2.05) is 0 Å². The third-order valence-electron chi connectivity index (χ3n) is 2.95. The molecule has 0 atom stereocenters. The Balaban J connectivity index is 2.45. The number of aromatic nitrogens is 3. The van der Waals surface area contributed by atoms with Gasteiger partial charge in [0.05, 0.1) is 30.0 Å². The van der Waals surface area contributed by atoms with Crippen molar-refractivity contribution < 1.29 is 14.0 Å². The number of primary amides is 1. The number of halogens is 1. The van der Waals surface area contributed by atoms with Crippen LogP contribution in [0.15, 0.2) is 29.6 Å². The van der Waals surface area contributed by atoms with Crippen LogP contribution < -0.4 is 11.1 Å². The molecule has 3 N–H and O–H groups in total. The average Bonchev–Trinajstić information content (AvgIpc) is 2.52. The van der Waals surface area contributed by atoms with E-state index in [0.29, 0.717) is 12.1 Å². The molecule has 124 valence electrons. The number of amides is 1. The first-order chi connectivity index (χ1) is 11.4. The molecule has 0 aromatic carbocycles. The lowest BCUT2D eigenvalue weighted by Gasteiger charge is -2.09. The largest absolute Gasteiger partial charge is 0.364 e. The molecule has 24 heavy (non-hydrogen) atoms. The molecule has 0 spiro atoms. The van der Waals surface area contributed by atoms with Crippen LogP contribution in [-0.4, -0.2) is 32.4 Å². The summed E-state index contributed by atoms with van der Waals surface area (Å²) < 4.78 is 13.2. The number of Topliss-reactive ketones (excluding diaryl/α,β-unsaturated/α-hetero) is 1. The zero-order chi connectivity index (χ0) is 17.7. The SMILES string of the molecule is CC/C(=N\c1cnc(C(N)=O)c(Nc2cncc(F)c2)n1)C(C)=O. The first-order valence-electron chi connectivity index (χ1n) is 7.03. The third kappa shape index (κ3) is 4.15. The summed E-state index contributed by atoms with van der Waals surface area (Å²) in [6, 6.07) is 1.17. The highest BCUT2D eigenvalue weighted by Crippen LogP contribution is 2.20. The Labute approximate surface area is 137 Å². The Morgan fingerprint density at radius 2 is 2.08 bits per heavy atom. The Bertz CT molecular complexity index is 821. The van der Waals surface area contributed by atoms with Crippen molar-refractivity contribution >= 4 is 34.7 Å². The van der Waals surface area contributed by atoms with Gasteiger partial charge in [-0.2, -0.15) is 0 Å². The molecule has 2 aromatic rings. The van der Waals surface area contributed by atoms with Crippen molar-refractivity contribution in [1.29, 1.82) is 0 Å². The third-order valence-corrected chi connectivity index (χ3v) is 2.95. The quantitative estimate of drug-likeness (QED) is 0.780. The molecule has 0 unspecified atom stereocenters. The molecule has 0 fully saturated rings. The highest BCUT2D eigenvalue weighted by atomic mass is 19.1. The van der Waals surface area contributed by atoms with Gasteiger partial charge in [-0.3, -0.25) is 14.6 Å². The lowest BCUT2D eigenvalue weighted by molar-refractivity contribution is -0.111. The number of nitrogens with two attached hydrogens (primary N) is 1. The molecular weight excluding hydrogens is 315 g/mol. The number of hydrogen-bond acceptors (Lipinski definition) is 7. The molecule has 0 aliphatic carbocycles. The second-order valence-corrected chi connectivity index (χ2v) is 4.77. The summed E-state index contributed by atoms with van der Waals surface area (Å²) in [4.78, 5) is 38.8. The fourth-order valence-electron chi connectivity index (χ4n) is 1.86. The summed E-state index contributed by atoms with van der Waals surface area (Å²) >= 11 is 0. The van der Waals surface area contributed by atoms with Crippen LogP contribution in [0.3, 0.4) is 0 Å². The Morgan fingerprint density at radius 3 is 2.67 bits per heavy atom. The second-order valence-electron chi connectivity index (χ2n) is 4.77. The van der Waals surface area contributed by atoms with E-state index in [4.69, 9.17) is 5.73 Å². The maximum atomic E-state index is 13.2. The summed E-state index contributed by atoms with van der Waals surface area (Å²) in [6.45, 7) is 3.17. The number of aliphatic imine (C=N–C) groups is 1. The van der Waals surface area contributed by atoms with Gasteiger partial charge in [0.1, 0.15) is 5.82 Å². The minimum atomic E-state index is -0.813. The number of nitrogens with zero attached hydrogens (tertiary/aromatic N) is 4. The standard InChI is InChI=1S/C15H15FN6O2/c1-3-11(8(2)23)21-12-7-19-13(14(17)24)15(22-12)20-10-4-9(16)5-18-6-10/h4-7H,3H2,1-2H3,(H2,17,24)(H,20,22)/b21-11+. The molecule has 2 heterocycles. The van der Waals surface area contributed by atoms with E-state index in [1.165, 1.54) is 25.4 Å². The average molecular weight is 330 g/mol. The highest BCUT2D eigenvalue weighted by molar-refractivity contribution is 6.39. The van der Waals surface area contributed by atoms with Crippen LogP contribution in [0.25, 0.3) is 0 Å². The van der Waals surface area contributed by atoms with Crippen LogP contribution in [0.1, 0.15) is 30.8 Å². The van der Waals surface area contributed by atoms with Crippen molar-refractivity contribution in [3.05, 3.63) is 36.2 Å². The summed E-state index contributed by atoms with van der Waals surface area (Å²) in [7, 11) is 0. The molecule has 0 bridgehead atoms. The van der Waals surface area contributed by atoms with Crippen molar-refractivity contribution in [2.75, 3.05) is 5.32 Å². The maximum Gasteiger partial charge on any atom is 0.271 e. The van der Waals surface area contributed by atoms with Crippen molar-refractivity contribution in [3.63, 3.8) is 0 Å². The Hall–Kier alpha value is -3.23. The molecule has 2 rings (SSSR count). The molecule has 8 nitrogen and oxygen atoms in total. The molecule has 0 radical (unpaired) electrons. The number of hydrogen-bond donors (Lipinski definition) is 2. The van der Waals surface area contributed by atoms with Gasteiger partial charge in [-0.15, -0.1) is 0 Å². The lowest BCUT2D eigenvalue weighted by Crippen LogP contribution is -2.16. The topological polar surface area (TPSA) is 123 Å². The van der Waals surface area contributed by atoms with Crippen LogP contribution in [-0.2, 0) is 4.79 Å². The van der Waals surface area contributed by atoms with Gasteiger partial charge in [-0.25, -0.2) is 19.4 Å².